The van der Waals surface area contributed by atoms with Crippen molar-refractivity contribution < 1.29 is 19.5 Å². The highest BCUT2D eigenvalue weighted by Crippen LogP contribution is 2.32. The first-order valence-corrected chi connectivity index (χ1v) is 6.78. The fourth-order valence-corrected chi connectivity index (χ4v) is 2.80. The highest BCUT2D eigenvalue weighted by molar-refractivity contribution is 6.35. The summed E-state index contributed by atoms with van der Waals surface area (Å²) in [6.07, 6.45) is 2.99. The fourth-order valence-electron chi connectivity index (χ4n) is 2.80. The molecule has 1 aliphatic heterocycles. The average molecular weight is 291 g/mol. The van der Waals surface area contributed by atoms with Crippen molar-refractivity contribution in [1.29, 1.82) is 0 Å². The number of nitrogens with zero attached hydrogens (tertiary/aromatic N) is 2. The van der Waals surface area contributed by atoms with Crippen LogP contribution in [0.4, 0.5) is 5.69 Å². The van der Waals surface area contributed by atoms with Crippen molar-refractivity contribution >= 4 is 28.3 Å². The molecular formula is C17H11N2O3+. The zero-order chi connectivity index (χ0) is 15.3. The van der Waals surface area contributed by atoms with Gasteiger partial charge in [-0.2, -0.15) is 0 Å². The Hall–Kier alpha value is -3.21. The van der Waals surface area contributed by atoms with Gasteiger partial charge in [-0.05, 0) is 24.3 Å². The van der Waals surface area contributed by atoms with E-state index in [-0.39, 0.29) is 11.8 Å². The second kappa shape index (κ2) is 4.39. The van der Waals surface area contributed by atoms with Crippen LogP contribution in [0.25, 0.3) is 10.8 Å². The second-order valence-corrected chi connectivity index (χ2v) is 5.10. The summed E-state index contributed by atoms with van der Waals surface area (Å²) >= 11 is 0. The highest BCUT2D eigenvalue weighted by Gasteiger charge is 2.37. The molecule has 5 heteroatoms. The lowest BCUT2D eigenvalue weighted by Gasteiger charge is -2.15. The predicted molar refractivity (Wildman–Crippen MR) is 78.9 cm³/mol. The Kier molecular flexibility index (Phi) is 2.50. The smallest absolute Gasteiger partial charge is 0.266 e. The summed E-state index contributed by atoms with van der Waals surface area (Å²) in [6, 6.07) is 13.8. The van der Waals surface area contributed by atoms with Gasteiger partial charge in [0.15, 0.2) is 0 Å². The van der Waals surface area contributed by atoms with Crippen LogP contribution in [-0.2, 0) is 0 Å². The molecule has 5 nitrogen and oxygen atoms in total. The Bertz CT molecular complexity index is 915. The number of aromatic nitrogens is 1. The molecule has 0 radical (unpaired) electrons. The van der Waals surface area contributed by atoms with E-state index in [1.165, 1.54) is 17.3 Å². The number of pyridine rings is 1. The zero-order valence-corrected chi connectivity index (χ0v) is 11.4. The van der Waals surface area contributed by atoms with Gasteiger partial charge in [0.1, 0.15) is 0 Å². The number of hydrogen-bond donors (Lipinski definition) is 1. The summed E-state index contributed by atoms with van der Waals surface area (Å²) in [5.41, 5.74) is 1.35. The molecule has 2 aromatic carbocycles. The van der Waals surface area contributed by atoms with Gasteiger partial charge in [0.2, 0.25) is 12.4 Å². The predicted octanol–water partition coefficient (Wildman–Crippen LogP) is 2.17. The topological polar surface area (TPSA) is 61.5 Å². The molecule has 0 fully saturated rings. The summed E-state index contributed by atoms with van der Waals surface area (Å²) in [5.74, 6) is -0.650. The normalized spacial score (nSPS) is 13.7. The molecule has 0 bridgehead atoms. The van der Waals surface area contributed by atoms with Crippen molar-refractivity contribution in [1.82, 2.24) is 0 Å². The van der Waals surface area contributed by atoms with Crippen molar-refractivity contribution in [3.8, 4) is 0 Å². The molecule has 2 amide bonds. The van der Waals surface area contributed by atoms with E-state index in [1.807, 2.05) is 6.07 Å². The van der Waals surface area contributed by atoms with E-state index in [1.54, 1.807) is 42.5 Å². The van der Waals surface area contributed by atoms with E-state index in [0.29, 0.717) is 16.8 Å². The summed E-state index contributed by atoms with van der Waals surface area (Å²) in [4.78, 5) is 26.3. The molecule has 0 unspecified atom stereocenters. The monoisotopic (exact) mass is 291 g/mol. The molecule has 2 heterocycles. The third kappa shape index (κ3) is 1.62. The largest absolute Gasteiger partial charge is 0.285 e. The van der Waals surface area contributed by atoms with Crippen LogP contribution >= 0.6 is 0 Å². The van der Waals surface area contributed by atoms with Gasteiger partial charge in [-0.25, -0.2) is 4.90 Å². The maximum absolute atomic E-state index is 12.6. The number of amides is 2. The van der Waals surface area contributed by atoms with Crippen molar-refractivity contribution in [3.63, 3.8) is 0 Å². The van der Waals surface area contributed by atoms with E-state index >= 15 is 0 Å². The van der Waals surface area contributed by atoms with Gasteiger partial charge < -0.3 is 0 Å². The first-order valence-electron chi connectivity index (χ1n) is 6.78. The second-order valence-electron chi connectivity index (χ2n) is 5.10. The van der Waals surface area contributed by atoms with Gasteiger partial charge in [-0.1, -0.05) is 18.2 Å². The summed E-state index contributed by atoms with van der Waals surface area (Å²) in [6.45, 7) is 0. The van der Waals surface area contributed by atoms with E-state index in [0.717, 1.165) is 15.5 Å². The van der Waals surface area contributed by atoms with Gasteiger partial charge in [-0.15, -0.1) is 0 Å². The van der Waals surface area contributed by atoms with Gasteiger partial charge in [0.05, 0.1) is 22.2 Å². The number of anilines is 1. The minimum atomic E-state index is -0.325. The molecule has 0 aliphatic carbocycles. The van der Waals surface area contributed by atoms with E-state index in [2.05, 4.69) is 0 Å². The van der Waals surface area contributed by atoms with E-state index in [4.69, 9.17) is 0 Å². The molecular weight excluding hydrogens is 280 g/mol. The Morgan fingerprint density at radius 2 is 1.55 bits per heavy atom. The molecule has 0 spiro atoms. The molecule has 106 valence electrons. The molecule has 0 saturated carbocycles. The van der Waals surface area contributed by atoms with Crippen LogP contribution in [0.3, 0.4) is 0 Å². The first-order chi connectivity index (χ1) is 10.7. The van der Waals surface area contributed by atoms with Crippen LogP contribution in [0.1, 0.15) is 20.7 Å². The van der Waals surface area contributed by atoms with Crippen LogP contribution < -0.4 is 9.63 Å². The van der Waals surface area contributed by atoms with E-state index in [9.17, 15) is 14.8 Å². The molecule has 4 rings (SSSR count). The third-order valence-electron chi connectivity index (χ3n) is 3.82. The lowest BCUT2D eigenvalue weighted by molar-refractivity contribution is -0.903. The third-order valence-corrected chi connectivity index (χ3v) is 3.82. The van der Waals surface area contributed by atoms with Gasteiger partial charge in [0.25, 0.3) is 11.8 Å². The zero-order valence-electron chi connectivity index (χ0n) is 11.4. The SMILES string of the molecule is O=C1c2ccccc2C(=O)N1c1cccc2c[n+](O)ccc12. The average Bonchev–Trinajstić information content (AvgIpc) is 2.78. The first kappa shape index (κ1) is 12.5. The minimum absolute atomic E-state index is 0.325. The molecule has 1 aliphatic rings. The number of rotatable bonds is 1. The Labute approximate surface area is 125 Å². The Morgan fingerprint density at radius 3 is 2.23 bits per heavy atom. The van der Waals surface area contributed by atoms with Crippen LogP contribution in [0.5, 0.6) is 0 Å². The molecule has 0 saturated heterocycles. The summed E-state index contributed by atoms with van der Waals surface area (Å²) in [5, 5.41) is 11.0. The lowest BCUT2D eigenvalue weighted by atomic mass is 10.1. The quantitative estimate of drug-likeness (QED) is 0.424. The van der Waals surface area contributed by atoms with E-state index < -0.39 is 0 Å². The van der Waals surface area contributed by atoms with Crippen LogP contribution in [0.15, 0.2) is 60.9 Å². The maximum Gasteiger partial charge on any atom is 0.266 e. The fraction of sp³-hybridized carbons (Fsp3) is 0. The molecule has 3 aromatic rings. The summed E-state index contributed by atoms with van der Waals surface area (Å²) < 4.78 is 0.939. The van der Waals surface area contributed by atoms with Crippen molar-refractivity contribution in [2.75, 3.05) is 4.90 Å². The van der Waals surface area contributed by atoms with Crippen LogP contribution in [0.2, 0.25) is 0 Å². The highest BCUT2D eigenvalue weighted by atomic mass is 16.5. The number of carbonyl (C=O) groups is 2. The number of fused-ring (bicyclic) bond motifs is 2. The Morgan fingerprint density at radius 1 is 0.864 bits per heavy atom. The molecule has 0 atom stereocenters. The maximum atomic E-state index is 12.6. The van der Waals surface area contributed by atoms with Gasteiger partial charge in [0, 0.05) is 16.2 Å². The standard InChI is InChI=1S/C17H11N2O3/c20-16-13-5-1-2-6-14(13)17(21)19(16)15-7-3-4-11-10-18(22)9-8-12(11)15/h1-10,22H/q+1. The number of hydrogen-bond acceptors (Lipinski definition) is 3. The molecule has 1 aromatic heterocycles. The molecule has 22 heavy (non-hydrogen) atoms. The van der Waals surface area contributed by atoms with Crippen molar-refractivity contribution in [3.05, 3.63) is 72.1 Å². The summed E-state index contributed by atoms with van der Waals surface area (Å²) in [7, 11) is 0. The van der Waals surface area contributed by atoms with Gasteiger partial charge >= 0.3 is 0 Å². The van der Waals surface area contributed by atoms with Crippen molar-refractivity contribution in [2.24, 2.45) is 0 Å². The van der Waals surface area contributed by atoms with Crippen LogP contribution in [0, 0.1) is 0 Å². The number of imide groups is 1. The number of benzene rings is 2. The molecule has 1 N–H and O–H groups in total. The minimum Gasteiger partial charge on any atom is -0.285 e. The van der Waals surface area contributed by atoms with Crippen molar-refractivity contribution in [2.45, 2.75) is 0 Å². The van der Waals surface area contributed by atoms with Gasteiger partial charge in [-0.3, -0.25) is 14.8 Å². The van der Waals surface area contributed by atoms with Crippen LogP contribution in [-0.4, -0.2) is 17.0 Å². The lowest BCUT2D eigenvalue weighted by Crippen LogP contribution is -2.30. The Balaban J connectivity index is 1.94. The number of carbonyl (C=O) groups excluding carboxylic acids is 2.